The second-order valence-electron chi connectivity index (χ2n) is 6.66. The van der Waals surface area contributed by atoms with Gasteiger partial charge in [-0.2, -0.15) is 4.31 Å². The van der Waals surface area contributed by atoms with E-state index in [4.69, 9.17) is 16.3 Å². The van der Waals surface area contributed by atoms with Gasteiger partial charge in [0.1, 0.15) is 5.75 Å². The van der Waals surface area contributed by atoms with Crippen LogP contribution in [0.2, 0.25) is 5.02 Å². The molecule has 1 aliphatic rings. The molecule has 0 N–H and O–H groups in total. The normalized spacial score (nSPS) is 15.0. The maximum absolute atomic E-state index is 12.5. The van der Waals surface area contributed by atoms with Gasteiger partial charge in [0.2, 0.25) is 10.0 Å². The fourth-order valence-corrected chi connectivity index (χ4v) is 4.69. The van der Waals surface area contributed by atoms with Gasteiger partial charge in [-0.15, -0.1) is 0 Å². The fraction of sp³-hybridized carbons (Fsp3) is 0.350. The molecule has 0 amide bonds. The summed E-state index contributed by atoms with van der Waals surface area (Å²) in [7, 11) is -3.41. The zero-order chi connectivity index (χ0) is 19.4. The number of benzene rings is 2. The number of carbonyl (C=O) groups excluding carboxylic acids is 1. The van der Waals surface area contributed by atoms with Crippen LogP contribution in [0.1, 0.15) is 30.4 Å². The summed E-state index contributed by atoms with van der Waals surface area (Å²) >= 11 is 6.03. The Bertz CT molecular complexity index is 919. The van der Waals surface area contributed by atoms with E-state index in [-0.39, 0.29) is 12.4 Å². The van der Waals surface area contributed by atoms with E-state index in [1.54, 1.807) is 36.4 Å². The first kappa shape index (κ1) is 19.9. The van der Waals surface area contributed by atoms with Crippen LogP contribution in [0, 0.1) is 6.92 Å². The van der Waals surface area contributed by atoms with Gasteiger partial charge in [0, 0.05) is 19.5 Å². The third-order valence-electron chi connectivity index (χ3n) is 4.55. The molecule has 5 nitrogen and oxygen atoms in total. The van der Waals surface area contributed by atoms with Gasteiger partial charge in [0.15, 0.2) is 0 Å². The van der Waals surface area contributed by atoms with Crippen molar-refractivity contribution in [2.24, 2.45) is 0 Å². The molecule has 0 atom stereocenters. The molecule has 1 fully saturated rings. The highest BCUT2D eigenvalue weighted by molar-refractivity contribution is 7.89. The Labute approximate surface area is 165 Å². The minimum Gasteiger partial charge on any atom is -0.425 e. The Morgan fingerprint density at radius 1 is 1.11 bits per heavy atom. The van der Waals surface area contributed by atoms with Gasteiger partial charge < -0.3 is 4.74 Å². The minimum atomic E-state index is -3.41. The monoisotopic (exact) mass is 407 g/mol. The SMILES string of the molecule is Cc1ccc(Cl)c(OC(=O)CCc2ccc(S(=O)(=O)N3CCCC3)cc2)c1. The molecular weight excluding hydrogens is 386 g/mol. The first-order valence-corrected chi connectivity index (χ1v) is 10.7. The molecule has 0 aromatic heterocycles. The molecule has 0 unspecified atom stereocenters. The highest BCUT2D eigenvalue weighted by Gasteiger charge is 2.26. The van der Waals surface area contributed by atoms with Crippen molar-refractivity contribution in [3.8, 4) is 5.75 Å². The molecule has 7 heteroatoms. The standard InChI is InChI=1S/C20H22ClNO4S/c1-15-4-10-18(21)19(14-15)26-20(23)11-7-16-5-8-17(9-6-16)27(24,25)22-12-2-3-13-22/h4-6,8-10,14H,2-3,7,11-13H2,1H3. The van der Waals surface area contributed by atoms with E-state index in [0.29, 0.717) is 35.2 Å². The molecular formula is C20H22ClNO4S. The second-order valence-corrected chi connectivity index (χ2v) is 9.01. The number of esters is 1. The predicted molar refractivity (Wildman–Crippen MR) is 105 cm³/mol. The zero-order valence-corrected chi connectivity index (χ0v) is 16.7. The highest BCUT2D eigenvalue weighted by atomic mass is 35.5. The molecule has 0 radical (unpaired) electrons. The van der Waals surface area contributed by atoms with E-state index >= 15 is 0 Å². The van der Waals surface area contributed by atoms with Gasteiger partial charge in [-0.25, -0.2) is 8.42 Å². The van der Waals surface area contributed by atoms with Crippen LogP contribution in [0.3, 0.4) is 0 Å². The third kappa shape index (κ3) is 4.89. The van der Waals surface area contributed by atoms with Crippen LogP contribution in [0.25, 0.3) is 0 Å². The van der Waals surface area contributed by atoms with Gasteiger partial charge in [0.05, 0.1) is 9.92 Å². The predicted octanol–water partition coefficient (Wildman–Crippen LogP) is 3.97. The van der Waals surface area contributed by atoms with Crippen molar-refractivity contribution in [3.05, 3.63) is 58.6 Å². The molecule has 0 aliphatic carbocycles. The average Bonchev–Trinajstić information content (AvgIpc) is 3.19. The molecule has 1 heterocycles. The van der Waals surface area contributed by atoms with Crippen molar-refractivity contribution in [1.29, 1.82) is 0 Å². The minimum absolute atomic E-state index is 0.183. The molecule has 2 aromatic carbocycles. The van der Waals surface area contributed by atoms with E-state index < -0.39 is 10.0 Å². The number of rotatable bonds is 6. The Balaban J connectivity index is 1.58. The molecule has 3 rings (SSSR count). The number of sulfonamides is 1. The maximum atomic E-state index is 12.5. The number of ether oxygens (including phenoxy) is 1. The van der Waals surface area contributed by atoms with Gasteiger partial charge in [0.25, 0.3) is 0 Å². The third-order valence-corrected chi connectivity index (χ3v) is 6.78. The van der Waals surface area contributed by atoms with Crippen molar-refractivity contribution in [1.82, 2.24) is 4.31 Å². The summed E-state index contributed by atoms with van der Waals surface area (Å²) in [6.07, 6.45) is 2.46. The van der Waals surface area contributed by atoms with E-state index in [1.807, 2.05) is 13.0 Å². The Morgan fingerprint density at radius 3 is 2.44 bits per heavy atom. The fourth-order valence-electron chi connectivity index (χ4n) is 3.01. The van der Waals surface area contributed by atoms with Crippen molar-refractivity contribution in [2.45, 2.75) is 37.5 Å². The Kier molecular flexibility index (Phi) is 6.19. The average molecular weight is 408 g/mol. The van der Waals surface area contributed by atoms with Crippen molar-refractivity contribution in [2.75, 3.05) is 13.1 Å². The number of aryl methyl sites for hydroxylation is 2. The van der Waals surface area contributed by atoms with E-state index in [2.05, 4.69) is 0 Å². The lowest BCUT2D eigenvalue weighted by Gasteiger charge is -2.15. The lowest BCUT2D eigenvalue weighted by molar-refractivity contribution is -0.134. The van der Waals surface area contributed by atoms with Gasteiger partial charge in [-0.1, -0.05) is 29.8 Å². The summed E-state index contributed by atoms with van der Waals surface area (Å²) in [4.78, 5) is 12.4. The van der Waals surface area contributed by atoms with Crippen molar-refractivity contribution < 1.29 is 17.9 Å². The first-order chi connectivity index (χ1) is 12.9. The molecule has 1 saturated heterocycles. The summed E-state index contributed by atoms with van der Waals surface area (Å²) < 4.78 is 31.9. The smallest absolute Gasteiger partial charge is 0.311 e. The topological polar surface area (TPSA) is 63.7 Å². The van der Waals surface area contributed by atoms with Crippen molar-refractivity contribution >= 4 is 27.6 Å². The highest BCUT2D eigenvalue weighted by Crippen LogP contribution is 2.26. The van der Waals surface area contributed by atoms with Crippen LogP contribution in [0.15, 0.2) is 47.4 Å². The number of nitrogens with zero attached hydrogens (tertiary/aromatic N) is 1. The Morgan fingerprint density at radius 2 is 1.78 bits per heavy atom. The number of halogens is 1. The second kappa shape index (κ2) is 8.42. The summed E-state index contributed by atoms with van der Waals surface area (Å²) in [6, 6.07) is 12.0. The van der Waals surface area contributed by atoms with Crippen LogP contribution < -0.4 is 4.74 Å². The summed E-state index contributed by atoms with van der Waals surface area (Å²) in [5, 5.41) is 0.394. The number of hydrogen-bond donors (Lipinski definition) is 0. The molecule has 0 bridgehead atoms. The van der Waals surface area contributed by atoms with Gasteiger partial charge in [-0.3, -0.25) is 4.79 Å². The lowest BCUT2D eigenvalue weighted by atomic mass is 10.1. The molecule has 0 saturated carbocycles. The number of hydrogen-bond acceptors (Lipinski definition) is 4. The first-order valence-electron chi connectivity index (χ1n) is 8.92. The van der Waals surface area contributed by atoms with E-state index in [0.717, 1.165) is 24.0 Å². The quantitative estimate of drug-likeness (QED) is 0.536. The van der Waals surface area contributed by atoms with Gasteiger partial charge >= 0.3 is 5.97 Å². The van der Waals surface area contributed by atoms with Crippen LogP contribution in [0.5, 0.6) is 5.75 Å². The molecule has 0 spiro atoms. The maximum Gasteiger partial charge on any atom is 0.311 e. The molecule has 27 heavy (non-hydrogen) atoms. The van der Waals surface area contributed by atoms with Crippen LogP contribution in [-0.2, 0) is 21.2 Å². The number of carbonyl (C=O) groups is 1. The summed E-state index contributed by atoms with van der Waals surface area (Å²) in [5.74, 6) is -0.0232. The summed E-state index contributed by atoms with van der Waals surface area (Å²) in [6.45, 7) is 3.06. The van der Waals surface area contributed by atoms with Crippen LogP contribution >= 0.6 is 11.6 Å². The Hall–Kier alpha value is -1.89. The molecule has 1 aliphatic heterocycles. The molecule has 144 valence electrons. The van der Waals surface area contributed by atoms with E-state index in [9.17, 15) is 13.2 Å². The van der Waals surface area contributed by atoms with Crippen LogP contribution in [-0.4, -0.2) is 31.8 Å². The van der Waals surface area contributed by atoms with Crippen molar-refractivity contribution in [3.63, 3.8) is 0 Å². The zero-order valence-electron chi connectivity index (χ0n) is 15.2. The summed E-state index contributed by atoms with van der Waals surface area (Å²) in [5.41, 5.74) is 1.83. The van der Waals surface area contributed by atoms with Crippen LogP contribution in [0.4, 0.5) is 0 Å². The lowest BCUT2D eigenvalue weighted by Crippen LogP contribution is -2.27. The molecule has 2 aromatic rings. The van der Waals surface area contributed by atoms with Gasteiger partial charge in [-0.05, 0) is 61.6 Å². The largest absolute Gasteiger partial charge is 0.425 e. The van der Waals surface area contributed by atoms with E-state index in [1.165, 1.54) is 4.31 Å².